The van der Waals surface area contributed by atoms with Gasteiger partial charge in [-0.3, -0.25) is 4.79 Å². The molecule has 0 bridgehead atoms. The Morgan fingerprint density at radius 2 is 2.25 bits per heavy atom. The van der Waals surface area contributed by atoms with Crippen molar-refractivity contribution in [2.24, 2.45) is 0 Å². The van der Waals surface area contributed by atoms with Gasteiger partial charge in [0.2, 0.25) is 4.69 Å². The fraction of sp³-hybridized carbons (Fsp3) is 0.222. The molecule has 1 atom stereocenters. The van der Waals surface area contributed by atoms with Crippen LogP contribution in [0.15, 0.2) is 24.3 Å². The predicted molar refractivity (Wildman–Crippen MR) is 53.8 cm³/mol. The van der Waals surface area contributed by atoms with Crippen LogP contribution in [0.5, 0.6) is 0 Å². The highest BCUT2D eigenvalue weighted by Crippen LogP contribution is 2.21. The lowest BCUT2D eigenvalue weighted by Crippen LogP contribution is -2.00. The maximum Gasteiger partial charge on any atom is 0.204 e. The second-order valence-electron chi connectivity index (χ2n) is 2.58. The van der Waals surface area contributed by atoms with E-state index in [1.54, 1.807) is 12.1 Å². The van der Waals surface area contributed by atoms with Crippen LogP contribution in [0.4, 0.5) is 0 Å². The van der Waals surface area contributed by atoms with E-state index in [0.717, 1.165) is 5.56 Å². The topological polar surface area (TPSA) is 17.1 Å². The summed E-state index contributed by atoms with van der Waals surface area (Å²) in [4.78, 5) is 10.9. The molecule has 0 heterocycles. The average Bonchev–Trinajstić information content (AvgIpc) is 2.03. The standard InChI is InChI=1S/C9H8BrClO/c1-6(9(10)12)7-3-2-4-8(11)5-7/h2-6H,1H3. The normalized spacial score (nSPS) is 12.6. The molecule has 1 aromatic rings. The first kappa shape index (κ1) is 9.75. The summed E-state index contributed by atoms with van der Waals surface area (Å²) in [6.45, 7) is 1.84. The van der Waals surface area contributed by atoms with Gasteiger partial charge in [0.1, 0.15) is 0 Å². The van der Waals surface area contributed by atoms with Gasteiger partial charge in [0.05, 0.1) is 5.92 Å². The van der Waals surface area contributed by atoms with Crippen LogP contribution in [0.3, 0.4) is 0 Å². The highest BCUT2D eigenvalue weighted by Gasteiger charge is 2.11. The summed E-state index contributed by atoms with van der Waals surface area (Å²) in [5.74, 6) is -0.135. The van der Waals surface area contributed by atoms with Gasteiger partial charge in [0.25, 0.3) is 0 Å². The van der Waals surface area contributed by atoms with Gasteiger partial charge in [0.15, 0.2) is 0 Å². The number of carbonyl (C=O) groups is 1. The molecule has 0 spiro atoms. The Balaban J connectivity index is 2.95. The minimum Gasteiger partial charge on any atom is -0.286 e. The van der Waals surface area contributed by atoms with E-state index in [-0.39, 0.29) is 10.6 Å². The molecule has 1 nitrogen and oxygen atoms in total. The van der Waals surface area contributed by atoms with E-state index in [0.29, 0.717) is 5.02 Å². The number of benzene rings is 1. The predicted octanol–water partition coefficient (Wildman–Crippen LogP) is 3.37. The first-order valence-corrected chi connectivity index (χ1v) is 4.73. The molecule has 1 aromatic carbocycles. The van der Waals surface area contributed by atoms with E-state index in [1.807, 2.05) is 19.1 Å². The van der Waals surface area contributed by atoms with Gasteiger partial charge in [0, 0.05) is 5.02 Å². The molecule has 0 aliphatic carbocycles. The molecule has 0 aromatic heterocycles. The van der Waals surface area contributed by atoms with Crippen molar-refractivity contribution in [1.29, 1.82) is 0 Å². The van der Waals surface area contributed by atoms with Crippen LogP contribution < -0.4 is 0 Å². The van der Waals surface area contributed by atoms with Crippen molar-refractivity contribution < 1.29 is 4.79 Å². The Labute approximate surface area is 84.9 Å². The van der Waals surface area contributed by atoms with Gasteiger partial charge in [-0.2, -0.15) is 0 Å². The monoisotopic (exact) mass is 246 g/mol. The van der Waals surface area contributed by atoms with Crippen LogP contribution >= 0.6 is 27.5 Å². The fourth-order valence-electron chi connectivity index (χ4n) is 0.907. The highest BCUT2D eigenvalue weighted by molar-refractivity contribution is 9.18. The summed E-state index contributed by atoms with van der Waals surface area (Å²) in [5.41, 5.74) is 0.935. The van der Waals surface area contributed by atoms with Crippen LogP contribution in [0.2, 0.25) is 5.02 Å². The zero-order valence-electron chi connectivity index (χ0n) is 6.55. The SMILES string of the molecule is CC(C(=O)Br)c1cccc(Cl)c1. The first-order chi connectivity index (χ1) is 5.61. The summed E-state index contributed by atoms with van der Waals surface area (Å²) < 4.78 is -0.0234. The Kier molecular flexibility index (Phi) is 3.29. The van der Waals surface area contributed by atoms with E-state index in [2.05, 4.69) is 15.9 Å². The smallest absolute Gasteiger partial charge is 0.204 e. The van der Waals surface area contributed by atoms with Gasteiger partial charge < -0.3 is 0 Å². The largest absolute Gasteiger partial charge is 0.286 e. The van der Waals surface area contributed by atoms with Crippen molar-refractivity contribution in [3.8, 4) is 0 Å². The minimum absolute atomic E-state index is 0.0234. The Morgan fingerprint density at radius 3 is 2.75 bits per heavy atom. The lowest BCUT2D eigenvalue weighted by molar-refractivity contribution is -0.111. The molecular formula is C9H8BrClO. The molecule has 12 heavy (non-hydrogen) atoms. The number of rotatable bonds is 2. The Bertz CT molecular complexity index is 298. The van der Waals surface area contributed by atoms with E-state index in [4.69, 9.17) is 11.6 Å². The van der Waals surface area contributed by atoms with Crippen molar-refractivity contribution in [2.75, 3.05) is 0 Å². The third-order valence-electron chi connectivity index (χ3n) is 1.69. The summed E-state index contributed by atoms with van der Waals surface area (Å²) in [5, 5.41) is 0.660. The molecule has 0 radical (unpaired) electrons. The molecule has 64 valence electrons. The van der Waals surface area contributed by atoms with Crippen LogP contribution in [0, 0.1) is 0 Å². The number of carbonyl (C=O) groups excluding carboxylic acids is 1. The van der Waals surface area contributed by atoms with Crippen molar-refractivity contribution in [1.82, 2.24) is 0 Å². The van der Waals surface area contributed by atoms with E-state index in [1.165, 1.54) is 0 Å². The lowest BCUT2D eigenvalue weighted by atomic mass is 10.0. The lowest BCUT2D eigenvalue weighted by Gasteiger charge is -2.05. The van der Waals surface area contributed by atoms with Crippen LogP contribution in [-0.4, -0.2) is 4.69 Å². The molecule has 1 unspecified atom stereocenters. The zero-order chi connectivity index (χ0) is 9.14. The van der Waals surface area contributed by atoms with Crippen molar-refractivity contribution in [2.45, 2.75) is 12.8 Å². The van der Waals surface area contributed by atoms with Crippen LogP contribution in [0.25, 0.3) is 0 Å². The van der Waals surface area contributed by atoms with E-state index < -0.39 is 0 Å². The van der Waals surface area contributed by atoms with Gasteiger partial charge in [-0.15, -0.1) is 0 Å². The maximum absolute atomic E-state index is 10.9. The molecule has 0 saturated heterocycles. The molecule has 0 saturated carbocycles. The molecule has 0 aliphatic heterocycles. The fourth-order valence-corrected chi connectivity index (χ4v) is 1.37. The third-order valence-corrected chi connectivity index (χ3v) is 2.61. The minimum atomic E-state index is -0.135. The molecule has 1 rings (SSSR count). The van der Waals surface area contributed by atoms with Gasteiger partial charge in [-0.1, -0.05) is 30.7 Å². The molecule has 0 fully saturated rings. The van der Waals surface area contributed by atoms with Crippen LogP contribution in [0.1, 0.15) is 18.4 Å². The van der Waals surface area contributed by atoms with Gasteiger partial charge >= 0.3 is 0 Å². The third kappa shape index (κ3) is 2.32. The molecule has 3 heteroatoms. The quantitative estimate of drug-likeness (QED) is 0.733. The Hall–Kier alpha value is -0.340. The van der Waals surface area contributed by atoms with Gasteiger partial charge in [-0.05, 0) is 33.6 Å². The second kappa shape index (κ2) is 4.06. The number of halogens is 2. The highest BCUT2D eigenvalue weighted by atomic mass is 79.9. The van der Waals surface area contributed by atoms with Crippen molar-refractivity contribution in [3.05, 3.63) is 34.9 Å². The average molecular weight is 248 g/mol. The summed E-state index contributed by atoms with van der Waals surface area (Å²) in [7, 11) is 0. The number of hydrogen-bond acceptors (Lipinski definition) is 1. The summed E-state index contributed by atoms with van der Waals surface area (Å²) in [6, 6.07) is 7.31. The van der Waals surface area contributed by atoms with Gasteiger partial charge in [-0.25, -0.2) is 0 Å². The molecule has 0 aliphatic rings. The molecule has 0 N–H and O–H groups in total. The zero-order valence-corrected chi connectivity index (χ0v) is 8.89. The first-order valence-electron chi connectivity index (χ1n) is 3.56. The number of hydrogen-bond donors (Lipinski definition) is 0. The van der Waals surface area contributed by atoms with Crippen LogP contribution in [-0.2, 0) is 4.79 Å². The molecular weight excluding hydrogens is 239 g/mol. The van der Waals surface area contributed by atoms with Crippen molar-refractivity contribution >= 4 is 32.2 Å². The van der Waals surface area contributed by atoms with E-state index in [9.17, 15) is 4.79 Å². The van der Waals surface area contributed by atoms with Crippen molar-refractivity contribution in [3.63, 3.8) is 0 Å². The second-order valence-corrected chi connectivity index (χ2v) is 3.80. The summed E-state index contributed by atoms with van der Waals surface area (Å²) in [6.07, 6.45) is 0. The maximum atomic E-state index is 10.9. The Morgan fingerprint density at radius 1 is 1.58 bits per heavy atom. The summed E-state index contributed by atoms with van der Waals surface area (Å²) >= 11 is 8.69. The van der Waals surface area contributed by atoms with E-state index >= 15 is 0 Å². The molecule has 0 amide bonds.